The molecule has 0 saturated carbocycles. The van der Waals surface area contributed by atoms with Crippen LogP contribution in [0, 0.1) is 0 Å². The highest BCUT2D eigenvalue weighted by Gasteiger charge is 2.15. The van der Waals surface area contributed by atoms with Crippen LogP contribution in [-0.4, -0.2) is 29.7 Å². The number of hydrogen-bond acceptors (Lipinski definition) is 4. The number of carboxylic acids is 1. The Bertz CT molecular complexity index is 395. The van der Waals surface area contributed by atoms with E-state index in [4.69, 9.17) is 5.11 Å². The number of anilines is 1. The molecule has 0 fully saturated rings. The molecular formula is C10H12N2O2S. The summed E-state index contributed by atoms with van der Waals surface area (Å²) >= 11 is 1.84. The molecule has 0 bridgehead atoms. The van der Waals surface area contributed by atoms with Gasteiger partial charge in [0.05, 0.1) is 5.69 Å². The van der Waals surface area contributed by atoms with Gasteiger partial charge in [-0.15, -0.1) is 0 Å². The maximum atomic E-state index is 10.5. The highest BCUT2D eigenvalue weighted by Crippen LogP contribution is 2.29. The standard InChI is InChI=1S/C10H12N2O2S/c1-12(4-10(13)14)9-3-2-7-5-15-6-8(7)11-9/h2-3H,4-6H2,1H3,(H,13,14). The molecule has 1 aliphatic heterocycles. The van der Waals surface area contributed by atoms with Crippen LogP contribution in [-0.2, 0) is 16.3 Å². The van der Waals surface area contributed by atoms with Gasteiger partial charge < -0.3 is 10.0 Å². The van der Waals surface area contributed by atoms with Crippen LogP contribution < -0.4 is 4.90 Å². The first kappa shape index (κ1) is 10.3. The van der Waals surface area contributed by atoms with E-state index >= 15 is 0 Å². The van der Waals surface area contributed by atoms with Gasteiger partial charge in [0, 0.05) is 18.6 Å². The second-order valence-electron chi connectivity index (χ2n) is 3.52. The van der Waals surface area contributed by atoms with Crippen LogP contribution in [0.25, 0.3) is 0 Å². The zero-order chi connectivity index (χ0) is 10.8. The Kier molecular flexibility index (Phi) is 2.81. The Morgan fingerprint density at radius 1 is 1.60 bits per heavy atom. The molecule has 0 radical (unpaired) electrons. The van der Waals surface area contributed by atoms with Gasteiger partial charge in [-0.05, 0) is 11.6 Å². The summed E-state index contributed by atoms with van der Waals surface area (Å²) < 4.78 is 0. The van der Waals surface area contributed by atoms with Gasteiger partial charge in [0.15, 0.2) is 0 Å². The van der Waals surface area contributed by atoms with E-state index in [1.807, 2.05) is 23.9 Å². The predicted octanol–water partition coefficient (Wildman–Crippen LogP) is 1.35. The van der Waals surface area contributed by atoms with Crippen molar-refractivity contribution in [1.29, 1.82) is 0 Å². The topological polar surface area (TPSA) is 53.4 Å². The van der Waals surface area contributed by atoms with Gasteiger partial charge in [-0.3, -0.25) is 4.79 Å². The van der Waals surface area contributed by atoms with E-state index in [1.54, 1.807) is 11.9 Å². The van der Waals surface area contributed by atoms with Gasteiger partial charge in [-0.1, -0.05) is 6.07 Å². The molecule has 5 heteroatoms. The van der Waals surface area contributed by atoms with E-state index in [1.165, 1.54) is 5.56 Å². The summed E-state index contributed by atoms with van der Waals surface area (Å²) in [7, 11) is 1.74. The van der Waals surface area contributed by atoms with Crippen LogP contribution in [0.15, 0.2) is 12.1 Å². The summed E-state index contributed by atoms with van der Waals surface area (Å²) in [6.45, 7) is -0.0150. The minimum Gasteiger partial charge on any atom is -0.480 e. The lowest BCUT2D eigenvalue weighted by molar-refractivity contribution is -0.135. The number of aromatic nitrogens is 1. The third-order valence-corrected chi connectivity index (χ3v) is 3.31. The molecule has 2 heterocycles. The molecule has 15 heavy (non-hydrogen) atoms. The zero-order valence-corrected chi connectivity index (χ0v) is 9.25. The van der Waals surface area contributed by atoms with Crippen LogP contribution in [0.1, 0.15) is 11.3 Å². The number of carboxylic acid groups (broad SMARTS) is 1. The van der Waals surface area contributed by atoms with Crippen LogP contribution in [0.4, 0.5) is 5.82 Å². The van der Waals surface area contributed by atoms with Crippen molar-refractivity contribution in [3.63, 3.8) is 0 Å². The largest absolute Gasteiger partial charge is 0.480 e. The molecule has 80 valence electrons. The maximum absolute atomic E-state index is 10.5. The minimum absolute atomic E-state index is 0.0150. The molecule has 0 atom stereocenters. The Labute approximate surface area is 92.3 Å². The van der Waals surface area contributed by atoms with Gasteiger partial charge in [-0.2, -0.15) is 11.8 Å². The summed E-state index contributed by atoms with van der Waals surface area (Å²) in [6, 6.07) is 3.92. The molecule has 1 aromatic heterocycles. The Hall–Kier alpha value is -1.23. The number of likely N-dealkylation sites (N-methyl/N-ethyl adjacent to an activating group) is 1. The molecule has 4 nitrogen and oxygen atoms in total. The van der Waals surface area contributed by atoms with E-state index in [0.29, 0.717) is 0 Å². The second kappa shape index (κ2) is 4.10. The minimum atomic E-state index is -0.839. The molecule has 1 aliphatic rings. The van der Waals surface area contributed by atoms with Gasteiger partial charge in [0.25, 0.3) is 0 Å². The molecule has 0 unspecified atom stereocenters. The molecule has 1 aromatic rings. The summed E-state index contributed by atoms with van der Waals surface area (Å²) in [5.74, 6) is 1.85. The highest BCUT2D eigenvalue weighted by atomic mass is 32.2. The number of carbonyl (C=O) groups is 1. The SMILES string of the molecule is CN(CC(=O)O)c1ccc2c(n1)CSC2. The number of aliphatic carboxylic acids is 1. The number of rotatable bonds is 3. The van der Waals surface area contributed by atoms with Crippen LogP contribution in [0.5, 0.6) is 0 Å². The summed E-state index contributed by atoms with van der Waals surface area (Å²) in [4.78, 5) is 16.6. The lowest BCUT2D eigenvalue weighted by Crippen LogP contribution is -2.26. The smallest absolute Gasteiger partial charge is 0.323 e. The van der Waals surface area contributed by atoms with Crippen molar-refractivity contribution in [1.82, 2.24) is 4.98 Å². The molecule has 0 aromatic carbocycles. The van der Waals surface area contributed by atoms with E-state index < -0.39 is 5.97 Å². The lowest BCUT2D eigenvalue weighted by atomic mass is 10.2. The Morgan fingerprint density at radius 3 is 3.13 bits per heavy atom. The van der Waals surface area contributed by atoms with Crippen molar-refractivity contribution in [3.05, 3.63) is 23.4 Å². The lowest BCUT2D eigenvalue weighted by Gasteiger charge is -2.16. The number of nitrogens with zero attached hydrogens (tertiary/aromatic N) is 2. The Morgan fingerprint density at radius 2 is 2.40 bits per heavy atom. The van der Waals surface area contributed by atoms with E-state index in [9.17, 15) is 4.79 Å². The molecule has 0 spiro atoms. The molecule has 0 aliphatic carbocycles. The monoisotopic (exact) mass is 224 g/mol. The zero-order valence-electron chi connectivity index (χ0n) is 8.43. The third-order valence-electron chi connectivity index (χ3n) is 2.31. The van der Waals surface area contributed by atoms with Gasteiger partial charge >= 0.3 is 5.97 Å². The van der Waals surface area contributed by atoms with Crippen molar-refractivity contribution >= 4 is 23.5 Å². The third kappa shape index (κ3) is 2.23. The van der Waals surface area contributed by atoms with Crippen molar-refractivity contribution in [2.45, 2.75) is 11.5 Å². The molecule has 0 amide bonds. The average Bonchev–Trinajstić information content (AvgIpc) is 2.62. The quantitative estimate of drug-likeness (QED) is 0.840. The first-order chi connectivity index (χ1) is 7.16. The molecular weight excluding hydrogens is 212 g/mol. The van der Waals surface area contributed by atoms with E-state index in [-0.39, 0.29) is 6.54 Å². The summed E-state index contributed by atoms with van der Waals surface area (Å²) in [5.41, 5.74) is 2.36. The Balaban J connectivity index is 2.19. The highest BCUT2D eigenvalue weighted by molar-refractivity contribution is 7.98. The van der Waals surface area contributed by atoms with Crippen molar-refractivity contribution < 1.29 is 9.90 Å². The number of fused-ring (bicyclic) bond motifs is 1. The summed E-state index contributed by atoms with van der Waals surface area (Å²) in [6.07, 6.45) is 0. The van der Waals surface area contributed by atoms with Gasteiger partial charge in [-0.25, -0.2) is 4.98 Å². The number of pyridine rings is 1. The fourth-order valence-corrected chi connectivity index (χ4v) is 2.56. The number of thioether (sulfide) groups is 1. The predicted molar refractivity (Wildman–Crippen MR) is 60.1 cm³/mol. The van der Waals surface area contributed by atoms with Crippen LogP contribution in [0.3, 0.4) is 0 Å². The van der Waals surface area contributed by atoms with Gasteiger partial charge in [0.1, 0.15) is 12.4 Å². The van der Waals surface area contributed by atoms with Crippen molar-refractivity contribution in [2.75, 3.05) is 18.5 Å². The van der Waals surface area contributed by atoms with E-state index in [2.05, 4.69) is 4.98 Å². The van der Waals surface area contributed by atoms with Crippen molar-refractivity contribution in [2.24, 2.45) is 0 Å². The second-order valence-corrected chi connectivity index (χ2v) is 4.50. The van der Waals surface area contributed by atoms with Crippen LogP contribution in [0.2, 0.25) is 0 Å². The molecule has 1 N–H and O–H groups in total. The fraction of sp³-hybridized carbons (Fsp3) is 0.400. The average molecular weight is 224 g/mol. The molecule has 0 saturated heterocycles. The fourth-order valence-electron chi connectivity index (χ4n) is 1.53. The maximum Gasteiger partial charge on any atom is 0.323 e. The van der Waals surface area contributed by atoms with Gasteiger partial charge in [0.2, 0.25) is 0 Å². The normalized spacial score (nSPS) is 13.7. The van der Waals surface area contributed by atoms with Crippen LogP contribution >= 0.6 is 11.8 Å². The summed E-state index contributed by atoms with van der Waals surface area (Å²) in [5, 5.41) is 8.67. The first-order valence-electron chi connectivity index (χ1n) is 4.66. The molecule has 2 rings (SSSR count). The van der Waals surface area contributed by atoms with Crippen molar-refractivity contribution in [3.8, 4) is 0 Å². The number of hydrogen-bond donors (Lipinski definition) is 1. The first-order valence-corrected chi connectivity index (χ1v) is 5.82. The van der Waals surface area contributed by atoms with E-state index in [0.717, 1.165) is 23.0 Å².